The van der Waals surface area contributed by atoms with E-state index in [9.17, 15) is 8.42 Å². The first kappa shape index (κ1) is 15.9. The molecular weight excluding hydrogens is 405 g/mol. The van der Waals surface area contributed by atoms with Gasteiger partial charge in [-0.25, -0.2) is 8.42 Å². The Kier molecular flexibility index (Phi) is 4.94. The molecule has 7 heteroatoms. The van der Waals surface area contributed by atoms with Crippen LogP contribution in [0.5, 0.6) is 11.5 Å². The Morgan fingerprint density at radius 2 is 1.76 bits per heavy atom. The fourth-order valence-electron chi connectivity index (χ4n) is 1.74. The lowest BCUT2D eigenvalue weighted by molar-refractivity contribution is 0.392. The zero-order chi connectivity index (χ0) is 15.5. The summed E-state index contributed by atoms with van der Waals surface area (Å²) in [5.74, 6) is 0.702. The van der Waals surface area contributed by atoms with Crippen LogP contribution in [-0.2, 0) is 10.0 Å². The van der Waals surface area contributed by atoms with Crippen molar-refractivity contribution in [1.29, 1.82) is 0 Å². The lowest BCUT2D eigenvalue weighted by Crippen LogP contribution is -2.15. The van der Waals surface area contributed by atoms with Crippen molar-refractivity contribution in [3.8, 4) is 11.5 Å². The number of methoxy groups -OCH3 is 2. The van der Waals surface area contributed by atoms with Crippen LogP contribution in [0.4, 0.5) is 5.69 Å². The van der Waals surface area contributed by atoms with Crippen molar-refractivity contribution < 1.29 is 17.9 Å². The van der Waals surface area contributed by atoms with Crippen molar-refractivity contribution in [3.63, 3.8) is 0 Å². The van der Waals surface area contributed by atoms with Gasteiger partial charge in [-0.2, -0.15) is 0 Å². The average molecular weight is 419 g/mol. The molecular formula is C14H14INO4S. The van der Waals surface area contributed by atoms with Crippen molar-refractivity contribution >= 4 is 38.3 Å². The van der Waals surface area contributed by atoms with Crippen LogP contribution in [0, 0.1) is 3.57 Å². The normalized spacial score (nSPS) is 11.0. The summed E-state index contributed by atoms with van der Waals surface area (Å²) in [6.45, 7) is 0. The molecule has 0 atom stereocenters. The van der Waals surface area contributed by atoms with Gasteiger partial charge >= 0.3 is 0 Å². The summed E-state index contributed by atoms with van der Waals surface area (Å²) in [4.78, 5) is 0.0315. The first-order valence-corrected chi connectivity index (χ1v) is 8.53. The van der Waals surface area contributed by atoms with Gasteiger partial charge < -0.3 is 9.47 Å². The van der Waals surface area contributed by atoms with Crippen LogP contribution < -0.4 is 14.2 Å². The zero-order valence-corrected chi connectivity index (χ0v) is 14.4. The first-order valence-electron chi connectivity index (χ1n) is 5.97. The van der Waals surface area contributed by atoms with Gasteiger partial charge in [-0.15, -0.1) is 0 Å². The molecule has 0 saturated heterocycles. The lowest BCUT2D eigenvalue weighted by Gasteiger charge is -2.13. The predicted molar refractivity (Wildman–Crippen MR) is 89.5 cm³/mol. The number of sulfonamides is 1. The number of rotatable bonds is 5. The number of hydrogen-bond donors (Lipinski definition) is 1. The standard InChI is InChI=1S/C14H14INO4S/c1-19-10-7-8-13(20-2)14(9-10)21(17,18)16-12-6-4-3-5-11(12)15/h3-9,16H,1-2H3. The Labute approximate surface area is 137 Å². The predicted octanol–water partition coefficient (Wildman–Crippen LogP) is 3.11. The summed E-state index contributed by atoms with van der Waals surface area (Å²) in [6, 6.07) is 11.8. The molecule has 1 N–H and O–H groups in total. The fourth-order valence-corrected chi connectivity index (χ4v) is 3.71. The molecule has 0 saturated carbocycles. The highest BCUT2D eigenvalue weighted by molar-refractivity contribution is 14.1. The van der Waals surface area contributed by atoms with E-state index >= 15 is 0 Å². The van der Waals surface area contributed by atoms with E-state index in [2.05, 4.69) is 27.3 Å². The van der Waals surface area contributed by atoms with Gasteiger partial charge in [-0.05, 0) is 46.9 Å². The second-order valence-corrected chi connectivity index (χ2v) is 6.92. The highest BCUT2D eigenvalue weighted by atomic mass is 127. The van der Waals surface area contributed by atoms with Crippen LogP contribution in [0.15, 0.2) is 47.4 Å². The number of hydrogen-bond acceptors (Lipinski definition) is 4. The molecule has 2 rings (SSSR count). The third kappa shape index (κ3) is 3.59. The third-order valence-corrected chi connectivity index (χ3v) is 5.11. The van der Waals surface area contributed by atoms with E-state index in [1.165, 1.54) is 20.3 Å². The molecule has 2 aromatic carbocycles. The van der Waals surface area contributed by atoms with Crippen LogP contribution in [-0.4, -0.2) is 22.6 Å². The largest absolute Gasteiger partial charge is 0.497 e. The number of nitrogens with one attached hydrogen (secondary N) is 1. The number of ether oxygens (including phenoxy) is 2. The van der Waals surface area contributed by atoms with E-state index in [4.69, 9.17) is 9.47 Å². The van der Waals surface area contributed by atoms with Gasteiger partial charge in [0.05, 0.1) is 19.9 Å². The quantitative estimate of drug-likeness (QED) is 0.757. The molecule has 0 amide bonds. The van der Waals surface area contributed by atoms with E-state index in [1.54, 1.807) is 24.3 Å². The van der Waals surface area contributed by atoms with Gasteiger partial charge in [0.25, 0.3) is 10.0 Å². The zero-order valence-electron chi connectivity index (χ0n) is 11.5. The Balaban J connectivity index is 2.46. The monoisotopic (exact) mass is 419 g/mol. The maximum Gasteiger partial charge on any atom is 0.265 e. The number of anilines is 1. The summed E-state index contributed by atoms with van der Waals surface area (Å²) >= 11 is 2.07. The van der Waals surface area contributed by atoms with Crippen LogP contribution in [0.2, 0.25) is 0 Å². The summed E-state index contributed by atoms with van der Waals surface area (Å²) in [7, 11) is -0.869. The van der Waals surface area contributed by atoms with Crippen LogP contribution >= 0.6 is 22.6 Å². The maximum atomic E-state index is 12.6. The minimum atomic E-state index is -3.77. The molecule has 0 aromatic heterocycles. The van der Waals surface area contributed by atoms with E-state index in [-0.39, 0.29) is 10.6 Å². The van der Waals surface area contributed by atoms with E-state index in [0.29, 0.717) is 11.4 Å². The number of para-hydroxylation sites is 1. The second-order valence-electron chi connectivity index (χ2n) is 4.10. The summed E-state index contributed by atoms with van der Waals surface area (Å²) in [5, 5.41) is 0. The smallest absolute Gasteiger partial charge is 0.265 e. The first-order chi connectivity index (χ1) is 9.97. The fraction of sp³-hybridized carbons (Fsp3) is 0.143. The van der Waals surface area contributed by atoms with Crippen molar-refractivity contribution in [2.45, 2.75) is 4.90 Å². The summed E-state index contributed by atoms with van der Waals surface area (Å²) in [6.07, 6.45) is 0. The van der Waals surface area contributed by atoms with Gasteiger partial charge in [0.2, 0.25) is 0 Å². The number of halogens is 1. The van der Waals surface area contributed by atoms with E-state index < -0.39 is 10.0 Å². The molecule has 0 bridgehead atoms. The SMILES string of the molecule is COc1ccc(OC)c(S(=O)(=O)Nc2ccccc2I)c1. The van der Waals surface area contributed by atoms with Gasteiger partial charge in [0.15, 0.2) is 0 Å². The Morgan fingerprint density at radius 3 is 2.38 bits per heavy atom. The van der Waals surface area contributed by atoms with Crippen molar-refractivity contribution in [1.82, 2.24) is 0 Å². The Hall–Kier alpha value is -1.48. The van der Waals surface area contributed by atoms with Crippen molar-refractivity contribution in [2.75, 3.05) is 18.9 Å². The minimum Gasteiger partial charge on any atom is -0.497 e. The third-order valence-electron chi connectivity index (χ3n) is 2.78. The summed E-state index contributed by atoms with van der Waals surface area (Å²) in [5.41, 5.74) is 0.517. The molecule has 0 spiro atoms. The van der Waals surface area contributed by atoms with Crippen LogP contribution in [0.25, 0.3) is 0 Å². The molecule has 0 unspecified atom stereocenters. The molecule has 2 aromatic rings. The molecule has 5 nitrogen and oxygen atoms in total. The Morgan fingerprint density at radius 1 is 1.05 bits per heavy atom. The van der Waals surface area contributed by atoms with Gasteiger partial charge in [-0.1, -0.05) is 12.1 Å². The molecule has 0 aliphatic carbocycles. The van der Waals surface area contributed by atoms with Gasteiger partial charge in [0.1, 0.15) is 16.4 Å². The van der Waals surface area contributed by atoms with Gasteiger partial charge in [-0.3, -0.25) is 4.72 Å². The molecule has 112 valence electrons. The lowest BCUT2D eigenvalue weighted by atomic mass is 10.3. The van der Waals surface area contributed by atoms with E-state index in [0.717, 1.165) is 3.57 Å². The highest BCUT2D eigenvalue weighted by Gasteiger charge is 2.21. The molecule has 0 aliphatic heterocycles. The van der Waals surface area contributed by atoms with E-state index in [1.807, 2.05) is 12.1 Å². The second kappa shape index (κ2) is 6.52. The van der Waals surface area contributed by atoms with Crippen molar-refractivity contribution in [3.05, 3.63) is 46.0 Å². The Bertz CT molecular complexity index is 746. The minimum absolute atomic E-state index is 0.0315. The molecule has 0 heterocycles. The average Bonchev–Trinajstić information content (AvgIpc) is 2.48. The van der Waals surface area contributed by atoms with Gasteiger partial charge in [0, 0.05) is 9.64 Å². The molecule has 0 aliphatic rings. The summed E-state index contributed by atoms with van der Waals surface area (Å²) < 4.78 is 38.7. The molecule has 21 heavy (non-hydrogen) atoms. The van der Waals surface area contributed by atoms with Crippen LogP contribution in [0.1, 0.15) is 0 Å². The van der Waals surface area contributed by atoms with Crippen molar-refractivity contribution in [2.24, 2.45) is 0 Å². The maximum absolute atomic E-state index is 12.6. The molecule has 0 fully saturated rings. The molecule has 0 radical (unpaired) electrons. The topological polar surface area (TPSA) is 64.6 Å². The number of benzene rings is 2. The highest BCUT2D eigenvalue weighted by Crippen LogP contribution is 2.30. The van der Waals surface area contributed by atoms with Crippen LogP contribution in [0.3, 0.4) is 0 Å².